The van der Waals surface area contributed by atoms with Gasteiger partial charge in [-0.15, -0.1) is 0 Å². The van der Waals surface area contributed by atoms with Crippen LogP contribution in [0.15, 0.2) is 27.3 Å². The van der Waals surface area contributed by atoms with Crippen LogP contribution in [0.2, 0.25) is 5.02 Å². The van der Waals surface area contributed by atoms with Crippen molar-refractivity contribution >= 4 is 60.9 Å². The summed E-state index contributed by atoms with van der Waals surface area (Å²) in [7, 11) is 1.59. The van der Waals surface area contributed by atoms with Gasteiger partial charge in [0.2, 0.25) is 5.95 Å². The molecule has 0 bridgehead atoms. The van der Waals surface area contributed by atoms with Crippen molar-refractivity contribution in [3.05, 3.63) is 32.3 Å². The van der Waals surface area contributed by atoms with Crippen molar-refractivity contribution in [2.45, 2.75) is 0 Å². The molecule has 0 amide bonds. The zero-order valence-electron chi connectivity index (χ0n) is 9.75. The Morgan fingerprint density at radius 1 is 1.32 bits per heavy atom. The van der Waals surface area contributed by atoms with Crippen LogP contribution in [0.4, 0.5) is 17.5 Å². The number of nitrogens with two attached hydrogens (primary N) is 1. The van der Waals surface area contributed by atoms with E-state index >= 15 is 0 Å². The molecule has 2 aromatic rings. The number of aromatic nitrogens is 2. The number of hydrogen-bond acceptors (Lipinski definition) is 5. The van der Waals surface area contributed by atoms with E-state index in [-0.39, 0.29) is 5.95 Å². The maximum Gasteiger partial charge on any atom is 0.222 e. The predicted molar refractivity (Wildman–Crippen MR) is 83.1 cm³/mol. The van der Waals surface area contributed by atoms with Crippen molar-refractivity contribution in [3.8, 4) is 5.75 Å². The Morgan fingerprint density at radius 3 is 2.74 bits per heavy atom. The summed E-state index contributed by atoms with van der Waals surface area (Å²) < 4.78 is 6.90. The van der Waals surface area contributed by atoms with Crippen LogP contribution in [0.1, 0.15) is 0 Å². The molecule has 5 nitrogen and oxygen atoms in total. The van der Waals surface area contributed by atoms with Crippen molar-refractivity contribution in [3.63, 3.8) is 0 Å². The van der Waals surface area contributed by atoms with Gasteiger partial charge in [-0.2, -0.15) is 4.98 Å². The molecular formula is C11H9Br2ClN4O. The number of benzene rings is 1. The van der Waals surface area contributed by atoms with Crippen molar-refractivity contribution in [1.82, 2.24) is 9.97 Å². The molecule has 1 aromatic carbocycles. The fourth-order valence-electron chi connectivity index (χ4n) is 1.38. The smallest absolute Gasteiger partial charge is 0.222 e. The van der Waals surface area contributed by atoms with Crippen molar-refractivity contribution in [2.75, 3.05) is 18.2 Å². The van der Waals surface area contributed by atoms with E-state index in [2.05, 4.69) is 47.1 Å². The third-order valence-corrected chi connectivity index (χ3v) is 3.81. The first kappa shape index (κ1) is 14.4. The largest absolute Gasteiger partial charge is 0.495 e. The topological polar surface area (TPSA) is 73.1 Å². The van der Waals surface area contributed by atoms with Gasteiger partial charge in [0.15, 0.2) is 5.82 Å². The summed E-state index contributed by atoms with van der Waals surface area (Å²) in [4.78, 5) is 7.84. The van der Waals surface area contributed by atoms with Crippen LogP contribution < -0.4 is 15.8 Å². The molecule has 1 heterocycles. The standard InChI is InChI=1S/C11H9Br2ClN4O/c1-19-9-3-8(5(12)2-6(9)13)17-10-7(14)4-16-11(15)18-10/h2-4H,1H3,(H3,15,16,17,18). The predicted octanol–water partition coefficient (Wildman–Crippen LogP) is 3.99. The van der Waals surface area contributed by atoms with E-state index in [4.69, 9.17) is 22.1 Å². The molecule has 0 aliphatic carbocycles. The van der Waals surface area contributed by atoms with Gasteiger partial charge < -0.3 is 15.8 Å². The number of methoxy groups -OCH3 is 1. The number of nitrogen functional groups attached to an aromatic ring is 1. The normalized spacial score (nSPS) is 10.3. The van der Waals surface area contributed by atoms with Gasteiger partial charge in [0.25, 0.3) is 0 Å². The zero-order chi connectivity index (χ0) is 14.0. The molecule has 0 unspecified atom stereocenters. The summed E-state index contributed by atoms with van der Waals surface area (Å²) in [6, 6.07) is 3.67. The van der Waals surface area contributed by atoms with E-state index in [1.165, 1.54) is 6.20 Å². The van der Waals surface area contributed by atoms with Crippen LogP contribution in [0.25, 0.3) is 0 Å². The van der Waals surface area contributed by atoms with E-state index in [9.17, 15) is 0 Å². The number of hydrogen-bond donors (Lipinski definition) is 2. The summed E-state index contributed by atoms with van der Waals surface area (Å²) >= 11 is 12.8. The lowest BCUT2D eigenvalue weighted by Gasteiger charge is -2.12. The van der Waals surface area contributed by atoms with Gasteiger partial charge in [-0.25, -0.2) is 4.98 Å². The molecule has 3 N–H and O–H groups in total. The molecule has 100 valence electrons. The van der Waals surface area contributed by atoms with Gasteiger partial charge in [0.1, 0.15) is 10.8 Å². The minimum Gasteiger partial charge on any atom is -0.495 e. The highest BCUT2D eigenvalue weighted by atomic mass is 79.9. The summed E-state index contributed by atoms with van der Waals surface area (Å²) in [6.45, 7) is 0. The first-order chi connectivity index (χ1) is 9.01. The van der Waals surface area contributed by atoms with Gasteiger partial charge in [0, 0.05) is 10.5 Å². The van der Waals surface area contributed by atoms with Gasteiger partial charge in [0.05, 0.1) is 23.5 Å². The number of halogens is 3. The van der Waals surface area contributed by atoms with Crippen LogP contribution in [0.3, 0.4) is 0 Å². The molecule has 8 heteroatoms. The molecule has 0 aliphatic heterocycles. The number of nitrogens with zero attached hydrogens (tertiary/aromatic N) is 2. The van der Waals surface area contributed by atoms with Crippen LogP contribution in [0.5, 0.6) is 5.75 Å². The Labute approximate surface area is 131 Å². The molecule has 0 radical (unpaired) electrons. The Morgan fingerprint density at radius 2 is 2.05 bits per heavy atom. The maximum atomic E-state index is 6.00. The van der Waals surface area contributed by atoms with Gasteiger partial charge in [-0.1, -0.05) is 11.6 Å². The highest BCUT2D eigenvalue weighted by Gasteiger charge is 2.10. The Balaban J connectivity index is 2.40. The van der Waals surface area contributed by atoms with Crippen LogP contribution >= 0.6 is 43.5 Å². The molecular weight excluding hydrogens is 399 g/mol. The second kappa shape index (κ2) is 5.94. The van der Waals surface area contributed by atoms with Crippen LogP contribution in [0, 0.1) is 0 Å². The van der Waals surface area contributed by atoms with E-state index in [0.717, 1.165) is 14.6 Å². The summed E-state index contributed by atoms with van der Waals surface area (Å²) in [5.41, 5.74) is 6.28. The third-order valence-electron chi connectivity index (χ3n) is 2.26. The molecule has 19 heavy (non-hydrogen) atoms. The van der Waals surface area contributed by atoms with E-state index in [0.29, 0.717) is 16.6 Å². The molecule has 2 rings (SSSR count). The Bertz CT molecular complexity index is 624. The third kappa shape index (κ3) is 3.29. The molecule has 0 aliphatic rings. The average Bonchev–Trinajstić information content (AvgIpc) is 2.37. The quantitative estimate of drug-likeness (QED) is 0.804. The summed E-state index contributed by atoms with van der Waals surface area (Å²) in [5.74, 6) is 1.26. The lowest BCUT2D eigenvalue weighted by atomic mass is 10.3. The van der Waals surface area contributed by atoms with Gasteiger partial charge >= 0.3 is 0 Å². The fourth-order valence-corrected chi connectivity index (χ4v) is 2.77. The second-order valence-electron chi connectivity index (χ2n) is 3.52. The van der Waals surface area contributed by atoms with E-state index < -0.39 is 0 Å². The number of ether oxygens (including phenoxy) is 1. The average molecular weight is 408 g/mol. The SMILES string of the molecule is COc1cc(Nc2nc(N)ncc2Cl)c(Br)cc1Br. The first-order valence-corrected chi connectivity index (χ1v) is 7.05. The lowest BCUT2D eigenvalue weighted by molar-refractivity contribution is 0.412. The number of anilines is 3. The maximum absolute atomic E-state index is 6.00. The van der Waals surface area contributed by atoms with Crippen molar-refractivity contribution < 1.29 is 4.74 Å². The monoisotopic (exact) mass is 406 g/mol. The minimum absolute atomic E-state index is 0.145. The first-order valence-electron chi connectivity index (χ1n) is 5.09. The summed E-state index contributed by atoms with van der Waals surface area (Å²) in [6.07, 6.45) is 1.44. The van der Waals surface area contributed by atoms with Crippen LogP contribution in [-0.2, 0) is 0 Å². The number of rotatable bonds is 3. The zero-order valence-corrected chi connectivity index (χ0v) is 13.7. The molecule has 0 atom stereocenters. The summed E-state index contributed by atoms with van der Waals surface area (Å²) in [5, 5.41) is 3.45. The molecule has 0 saturated carbocycles. The lowest BCUT2D eigenvalue weighted by Crippen LogP contribution is -2.01. The highest BCUT2D eigenvalue weighted by molar-refractivity contribution is 9.11. The molecule has 0 saturated heterocycles. The molecule has 0 spiro atoms. The highest BCUT2D eigenvalue weighted by Crippen LogP contribution is 2.36. The Hall–Kier alpha value is -1.05. The van der Waals surface area contributed by atoms with Crippen LogP contribution in [-0.4, -0.2) is 17.1 Å². The Kier molecular flexibility index (Phi) is 4.49. The van der Waals surface area contributed by atoms with E-state index in [1.54, 1.807) is 7.11 Å². The molecule has 1 aromatic heterocycles. The fraction of sp³-hybridized carbons (Fsp3) is 0.0909. The number of nitrogens with one attached hydrogen (secondary N) is 1. The second-order valence-corrected chi connectivity index (χ2v) is 5.63. The van der Waals surface area contributed by atoms with Gasteiger partial charge in [-0.05, 0) is 37.9 Å². The van der Waals surface area contributed by atoms with E-state index in [1.807, 2.05) is 12.1 Å². The molecule has 0 fully saturated rings. The van der Waals surface area contributed by atoms with Crippen molar-refractivity contribution in [1.29, 1.82) is 0 Å². The minimum atomic E-state index is 0.145. The van der Waals surface area contributed by atoms with Crippen molar-refractivity contribution in [2.24, 2.45) is 0 Å². The van der Waals surface area contributed by atoms with Gasteiger partial charge in [-0.3, -0.25) is 0 Å².